The van der Waals surface area contributed by atoms with Crippen molar-refractivity contribution in [2.45, 2.75) is 46.3 Å². The zero-order valence-corrected chi connectivity index (χ0v) is 14.9. The fourth-order valence-electron chi connectivity index (χ4n) is 2.25. The summed E-state index contributed by atoms with van der Waals surface area (Å²) < 4.78 is 10.6. The van der Waals surface area contributed by atoms with Gasteiger partial charge in [0.05, 0.1) is 0 Å². The molecule has 1 heterocycles. The van der Waals surface area contributed by atoms with Gasteiger partial charge in [-0.1, -0.05) is 18.2 Å². The number of fused-ring (bicyclic) bond motifs is 1. The van der Waals surface area contributed by atoms with Crippen LogP contribution in [0.5, 0.6) is 0 Å². The lowest BCUT2D eigenvalue weighted by Gasteiger charge is -2.20. The fourth-order valence-corrected chi connectivity index (χ4v) is 2.25. The van der Waals surface area contributed by atoms with Crippen LogP contribution in [0.2, 0.25) is 0 Å². The van der Waals surface area contributed by atoms with E-state index < -0.39 is 23.8 Å². The molecule has 0 aliphatic heterocycles. The zero-order chi connectivity index (χ0) is 18.6. The molecule has 1 aromatic heterocycles. The maximum Gasteiger partial charge on any atom is 0.428 e. The van der Waals surface area contributed by atoms with Crippen LogP contribution in [0.15, 0.2) is 30.4 Å². The first-order valence-electron chi connectivity index (χ1n) is 7.85. The Hall–Kier alpha value is -2.90. The summed E-state index contributed by atoms with van der Waals surface area (Å²) in [5.41, 5.74) is 3.61. The van der Waals surface area contributed by atoms with Crippen LogP contribution in [0.1, 0.15) is 46.3 Å². The predicted octanol–water partition coefficient (Wildman–Crippen LogP) is 3.09. The van der Waals surface area contributed by atoms with E-state index in [4.69, 9.17) is 9.47 Å². The van der Waals surface area contributed by atoms with Crippen molar-refractivity contribution in [2.75, 3.05) is 5.43 Å². The van der Waals surface area contributed by atoms with Crippen LogP contribution in [0.4, 0.5) is 4.79 Å². The van der Waals surface area contributed by atoms with Crippen LogP contribution in [-0.4, -0.2) is 32.8 Å². The summed E-state index contributed by atoms with van der Waals surface area (Å²) in [4.78, 5) is 24.7. The van der Waals surface area contributed by atoms with E-state index in [0.29, 0.717) is 16.6 Å². The molecular weight excluding hydrogens is 324 g/mol. The highest BCUT2D eigenvalue weighted by Gasteiger charge is 2.21. The number of ether oxygens (including phenoxy) is 2. The molecule has 0 saturated carbocycles. The molecule has 0 saturated heterocycles. The van der Waals surface area contributed by atoms with Gasteiger partial charge in [0.25, 0.3) is 0 Å². The first-order chi connectivity index (χ1) is 11.7. The Morgan fingerprint density at radius 2 is 2.04 bits per heavy atom. The molecular formula is C17H22N4O4. The number of benzene rings is 1. The molecule has 0 bridgehead atoms. The molecule has 0 radical (unpaired) electrons. The van der Waals surface area contributed by atoms with Crippen molar-refractivity contribution in [1.29, 1.82) is 0 Å². The van der Waals surface area contributed by atoms with E-state index in [2.05, 4.69) is 15.7 Å². The largest absolute Gasteiger partial charge is 0.453 e. The molecule has 8 nitrogen and oxygen atoms in total. The minimum Gasteiger partial charge on any atom is -0.453 e. The van der Waals surface area contributed by atoms with Crippen molar-refractivity contribution in [2.24, 2.45) is 0 Å². The lowest BCUT2D eigenvalue weighted by molar-refractivity contribution is -0.144. The Balaban J connectivity index is 2.43. The van der Waals surface area contributed by atoms with E-state index in [1.807, 2.05) is 6.92 Å². The van der Waals surface area contributed by atoms with Gasteiger partial charge in [-0.15, -0.1) is 9.89 Å². The first kappa shape index (κ1) is 18.4. The van der Waals surface area contributed by atoms with Crippen molar-refractivity contribution in [3.63, 3.8) is 0 Å². The van der Waals surface area contributed by atoms with Gasteiger partial charge < -0.3 is 9.47 Å². The molecule has 2 aromatic rings. The summed E-state index contributed by atoms with van der Waals surface area (Å²) >= 11 is 0. The van der Waals surface area contributed by atoms with Gasteiger partial charge in [0.2, 0.25) is 0 Å². The Morgan fingerprint density at radius 1 is 1.32 bits per heavy atom. The van der Waals surface area contributed by atoms with Crippen molar-refractivity contribution >= 4 is 23.1 Å². The number of carbonyl (C=O) groups excluding carboxylic acids is 2. The summed E-state index contributed by atoms with van der Waals surface area (Å²) in [5, 5.41) is 7.97. The molecule has 25 heavy (non-hydrogen) atoms. The average Bonchev–Trinajstić information content (AvgIpc) is 2.87. The van der Waals surface area contributed by atoms with E-state index in [9.17, 15) is 9.59 Å². The molecule has 2 rings (SSSR count). The highest BCUT2D eigenvalue weighted by atomic mass is 16.6. The van der Waals surface area contributed by atoms with Crippen LogP contribution in [-0.2, 0) is 14.3 Å². The normalized spacial score (nSPS) is 13.0. The monoisotopic (exact) mass is 346 g/mol. The highest BCUT2D eigenvalue weighted by Crippen LogP contribution is 2.26. The Labute approximate surface area is 145 Å². The standard InChI is InChI=1S/C17H22N4O4/c1-6-8-14(24-11(2)22)12-9-7-10-13-15(12)21(20-18-13)19-16(23)25-17(3,4)5/h6-10,14H,1-5H3,(H,19,23)/b8-6+. The smallest absolute Gasteiger partial charge is 0.428 e. The van der Waals surface area contributed by atoms with Gasteiger partial charge in [-0.3, -0.25) is 4.79 Å². The van der Waals surface area contributed by atoms with E-state index in [1.54, 1.807) is 51.1 Å². The third kappa shape index (κ3) is 4.79. The quantitative estimate of drug-likeness (QED) is 0.675. The van der Waals surface area contributed by atoms with Crippen molar-refractivity contribution in [3.05, 3.63) is 35.9 Å². The Morgan fingerprint density at radius 3 is 2.64 bits per heavy atom. The third-order valence-electron chi connectivity index (χ3n) is 3.06. The van der Waals surface area contributed by atoms with E-state index in [1.165, 1.54) is 11.7 Å². The van der Waals surface area contributed by atoms with Gasteiger partial charge in [0.1, 0.15) is 22.7 Å². The molecule has 0 spiro atoms. The number of hydrogen-bond acceptors (Lipinski definition) is 6. The average molecular weight is 346 g/mol. The Bertz CT molecular complexity index is 805. The summed E-state index contributed by atoms with van der Waals surface area (Å²) in [6.45, 7) is 8.46. The maximum absolute atomic E-state index is 12.0. The van der Waals surface area contributed by atoms with Crippen molar-refractivity contribution in [1.82, 2.24) is 15.1 Å². The number of nitrogens with zero attached hydrogens (tertiary/aromatic N) is 3. The fraction of sp³-hybridized carbons (Fsp3) is 0.412. The molecule has 1 N–H and O–H groups in total. The SMILES string of the molecule is C/C=C/C(OC(C)=O)c1cccc2nnn(NC(=O)OC(C)(C)C)c12. The topological polar surface area (TPSA) is 95.3 Å². The number of amides is 1. The van der Waals surface area contributed by atoms with Gasteiger partial charge in [0, 0.05) is 12.5 Å². The van der Waals surface area contributed by atoms with Gasteiger partial charge in [-0.2, -0.15) is 0 Å². The summed E-state index contributed by atoms with van der Waals surface area (Å²) in [7, 11) is 0. The minimum absolute atomic E-state index is 0.417. The summed E-state index contributed by atoms with van der Waals surface area (Å²) in [6, 6.07) is 5.32. The van der Waals surface area contributed by atoms with E-state index in [0.717, 1.165) is 0 Å². The van der Waals surface area contributed by atoms with Gasteiger partial charge in [-0.05, 0) is 45.1 Å². The van der Waals surface area contributed by atoms with Gasteiger partial charge in [-0.25, -0.2) is 10.2 Å². The molecule has 8 heteroatoms. The zero-order valence-electron chi connectivity index (χ0n) is 14.9. The first-order valence-corrected chi connectivity index (χ1v) is 7.85. The Kier molecular flexibility index (Phi) is 5.41. The molecule has 0 fully saturated rings. The molecule has 134 valence electrons. The highest BCUT2D eigenvalue weighted by molar-refractivity contribution is 5.83. The number of allylic oxidation sites excluding steroid dienone is 1. The number of hydrogen-bond donors (Lipinski definition) is 1. The molecule has 0 aliphatic rings. The van der Waals surface area contributed by atoms with Gasteiger partial charge >= 0.3 is 12.1 Å². The van der Waals surface area contributed by atoms with Crippen LogP contribution in [0, 0.1) is 0 Å². The van der Waals surface area contributed by atoms with Crippen molar-refractivity contribution < 1.29 is 19.1 Å². The summed E-state index contributed by atoms with van der Waals surface area (Å²) in [5.74, 6) is -0.417. The predicted molar refractivity (Wildman–Crippen MR) is 92.4 cm³/mol. The van der Waals surface area contributed by atoms with E-state index in [-0.39, 0.29) is 0 Å². The van der Waals surface area contributed by atoms with Crippen LogP contribution in [0.3, 0.4) is 0 Å². The lowest BCUT2D eigenvalue weighted by Crippen LogP contribution is -2.32. The second kappa shape index (κ2) is 7.33. The molecule has 1 amide bonds. The number of nitrogens with one attached hydrogen (secondary N) is 1. The van der Waals surface area contributed by atoms with Crippen LogP contribution in [0.25, 0.3) is 11.0 Å². The van der Waals surface area contributed by atoms with Gasteiger partial charge in [0.15, 0.2) is 0 Å². The number of aromatic nitrogens is 3. The second-order valence-corrected chi connectivity index (χ2v) is 6.39. The number of para-hydroxylation sites is 1. The maximum atomic E-state index is 12.0. The molecule has 1 aromatic carbocycles. The molecule has 0 aliphatic carbocycles. The lowest BCUT2D eigenvalue weighted by atomic mass is 10.1. The van der Waals surface area contributed by atoms with E-state index >= 15 is 0 Å². The summed E-state index contributed by atoms with van der Waals surface area (Å²) in [6.07, 6.45) is 2.23. The molecule has 1 unspecified atom stereocenters. The van der Waals surface area contributed by atoms with Crippen LogP contribution >= 0.6 is 0 Å². The van der Waals surface area contributed by atoms with Crippen LogP contribution < -0.4 is 5.43 Å². The second-order valence-electron chi connectivity index (χ2n) is 6.39. The number of rotatable bonds is 4. The number of carbonyl (C=O) groups is 2. The number of esters is 1. The van der Waals surface area contributed by atoms with Crippen molar-refractivity contribution in [3.8, 4) is 0 Å². The third-order valence-corrected chi connectivity index (χ3v) is 3.06. The minimum atomic E-state index is -0.663. The molecule has 1 atom stereocenters.